The summed E-state index contributed by atoms with van der Waals surface area (Å²) in [6.45, 7) is 0.571. The van der Waals surface area contributed by atoms with E-state index in [1.54, 1.807) is 24.3 Å². The normalized spacial score (nSPS) is 22.3. The Kier molecular flexibility index (Phi) is 5.04. The lowest BCUT2D eigenvalue weighted by atomic mass is 10.1. The minimum absolute atomic E-state index is 0.0220. The average molecular weight is 316 g/mol. The summed E-state index contributed by atoms with van der Waals surface area (Å²) in [6.07, 6.45) is 0.428. The molecule has 1 heterocycles. The molecule has 1 aliphatic heterocycles. The SMILES string of the molecule is Nc1ccc(OCCS(=O)(=O)NCC2(O)CCOC2)cc1. The Hall–Kier alpha value is -1.35. The van der Waals surface area contributed by atoms with Crippen LogP contribution in [0.15, 0.2) is 24.3 Å². The maximum atomic E-state index is 11.8. The van der Waals surface area contributed by atoms with Crippen molar-refractivity contribution in [2.75, 3.05) is 37.9 Å². The highest BCUT2D eigenvalue weighted by molar-refractivity contribution is 7.89. The second kappa shape index (κ2) is 6.61. The molecule has 0 aromatic heterocycles. The van der Waals surface area contributed by atoms with Gasteiger partial charge in [-0.2, -0.15) is 0 Å². The van der Waals surface area contributed by atoms with Crippen molar-refractivity contribution in [2.45, 2.75) is 12.0 Å². The molecule has 1 aromatic rings. The van der Waals surface area contributed by atoms with E-state index >= 15 is 0 Å². The predicted molar refractivity (Wildman–Crippen MR) is 78.5 cm³/mol. The van der Waals surface area contributed by atoms with Gasteiger partial charge in [-0.1, -0.05) is 0 Å². The van der Waals surface area contributed by atoms with Gasteiger partial charge in [-0.25, -0.2) is 13.1 Å². The van der Waals surface area contributed by atoms with Crippen LogP contribution in [0.1, 0.15) is 6.42 Å². The van der Waals surface area contributed by atoms with E-state index in [0.29, 0.717) is 24.5 Å². The number of sulfonamides is 1. The molecule has 0 radical (unpaired) electrons. The van der Waals surface area contributed by atoms with E-state index < -0.39 is 15.6 Å². The number of hydrogen-bond donors (Lipinski definition) is 3. The first-order valence-electron chi connectivity index (χ1n) is 6.64. The van der Waals surface area contributed by atoms with Crippen LogP contribution >= 0.6 is 0 Å². The number of nitrogen functional groups attached to an aromatic ring is 1. The Labute approximate surface area is 124 Å². The largest absolute Gasteiger partial charge is 0.492 e. The number of nitrogens with one attached hydrogen (secondary N) is 1. The van der Waals surface area contributed by atoms with Crippen LogP contribution in [0.2, 0.25) is 0 Å². The van der Waals surface area contributed by atoms with Crippen LogP contribution in [0.3, 0.4) is 0 Å². The summed E-state index contributed by atoms with van der Waals surface area (Å²) in [5.74, 6) is 0.371. The highest BCUT2D eigenvalue weighted by atomic mass is 32.2. The van der Waals surface area contributed by atoms with Gasteiger partial charge in [0, 0.05) is 25.3 Å². The lowest BCUT2D eigenvalue weighted by Gasteiger charge is -2.20. The monoisotopic (exact) mass is 316 g/mol. The van der Waals surface area contributed by atoms with Crippen LogP contribution in [0, 0.1) is 0 Å². The number of anilines is 1. The van der Waals surface area contributed by atoms with E-state index in [-0.39, 0.29) is 25.5 Å². The van der Waals surface area contributed by atoms with Crippen molar-refractivity contribution in [3.8, 4) is 5.75 Å². The third-order valence-electron chi connectivity index (χ3n) is 3.20. The van der Waals surface area contributed by atoms with Gasteiger partial charge in [-0.3, -0.25) is 0 Å². The quantitative estimate of drug-likeness (QED) is 0.597. The topological polar surface area (TPSA) is 111 Å². The number of hydrogen-bond acceptors (Lipinski definition) is 6. The van der Waals surface area contributed by atoms with Gasteiger partial charge in [-0.05, 0) is 24.3 Å². The Balaban J connectivity index is 1.74. The van der Waals surface area contributed by atoms with E-state index in [1.165, 1.54) is 0 Å². The van der Waals surface area contributed by atoms with Crippen molar-refractivity contribution < 1.29 is 23.0 Å². The van der Waals surface area contributed by atoms with Crippen LogP contribution in [0.25, 0.3) is 0 Å². The Bertz CT molecular complexity index is 552. The summed E-state index contributed by atoms with van der Waals surface area (Å²) < 4.78 is 36.4. The number of aliphatic hydroxyl groups is 1. The fourth-order valence-corrected chi connectivity index (χ4v) is 2.82. The first-order chi connectivity index (χ1) is 9.89. The Morgan fingerprint density at radius 1 is 1.38 bits per heavy atom. The molecule has 0 spiro atoms. The minimum Gasteiger partial charge on any atom is -0.492 e. The van der Waals surface area contributed by atoms with E-state index in [0.717, 1.165) is 0 Å². The van der Waals surface area contributed by atoms with Gasteiger partial charge in [0.1, 0.15) is 18.0 Å². The fraction of sp³-hybridized carbons (Fsp3) is 0.538. The lowest BCUT2D eigenvalue weighted by Crippen LogP contribution is -2.44. The molecule has 0 aliphatic carbocycles. The number of rotatable bonds is 7. The fourth-order valence-electron chi connectivity index (χ4n) is 1.89. The van der Waals surface area contributed by atoms with Gasteiger partial charge in [0.15, 0.2) is 0 Å². The third-order valence-corrected chi connectivity index (χ3v) is 4.49. The minimum atomic E-state index is -3.50. The Morgan fingerprint density at radius 3 is 2.71 bits per heavy atom. The summed E-state index contributed by atoms with van der Waals surface area (Å²) in [5, 5.41) is 9.99. The summed E-state index contributed by atoms with van der Waals surface area (Å²) in [5.41, 5.74) is 5.05. The van der Waals surface area contributed by atoms with Gasteiger partial charge >= 0.3 is 0 Å². The van der Waals surface area contributed by atoms with Crippen LogP contribution in [-0.2, 0) is 14.8 Å². The maximum Gasteiger partial charge on any atom is 0.215 e. The molecule has 118 valence electrons. The number of benzene rings is 1. The van der Waals surface area contributed by atoms with Gasteiger partial charge in [0.05, 0.1) is 12.4 Å². The molecule has 1 unspecified atom stereocenters. The van der Waals surface area contributed by atoms with Gasteiger partial charge in [-0.15, -0.1) is 0 Å². The zero-order chi connectivity index (χ0) is 15.3. The third kappa shape index (κ3) is 5.16. The first-order valence-corrected chi connectivity index (χ1v) is 8.30. The molecule has 2 rings (SSSR count). The summed E-state index contributed by atoms with van der Waals surface area (Å²) >= 11 is 0. The van der Waals surface area contributed by atoms with E-state index in [2.05, 4.69) is 4.72 Å². The standard InChI is InChI=1S/C13H20N2O5S/c14-11-1-3-12(4-2-11)20-7-8-21(17,18)15-9-13(16)5-6-19-10-13/h1-4,15-16H,5-10,14H2. The van der Waals surface area contributed by atoms with Crippen LogP contribution in [0.4, 0.5) is 5.69 Å². The van der Waals surface area contributed by atoms with Crippen molar-refractivity contribution in [3.05, 3.63) is 24.3 Å². The van der Waals surface area contributed by atoms with Gasteiger partial charge < -0.3 is 20.3 Å². The second-order valence-corrected chi connectivity index (χ2v) is 7.01. The van der Waals surface area contributed by atoms with Crippen LogP contribution in [-0.4, -0.2) is 51.2 Å². The molecule has 0 saturated carbocycles. The predicted octanol–water partition coefficient (Wildman–Crippen LogP) is -0.282. The molecule has 1 atom stereocenters. The zero-order valence-corrected chi connectivity index (χ0v) is 12.4. The molecule has 1 fully saturated rings. The summed E-state index contributed by atoms with van der Waals surface area (Å²) in [7, 11) is -3.50. The molecular weight excluding hydrogens is 296 g/mol. The average Bonchev–Trinajstić information content (AvgIpc) is 2.87. The van der Waals surface area contributed by atoms with Crippen molar-refractivity contribution in [3.63, 3.8) is 0 Å². The van der Waals surface area contributed by atoms with Crippen molar-refractivity contribution >= 4 is 15.7 Å². The molecule has 0 amide bonds. The molecule has 1 aromatic carbocycles. The van der Waals surface area contributed by atoms with Crippen LogP contribution in [0.5, 0.6) is 5.75 Å². The lowest BCUT2D eigenvalue weighted by molar-refractivity contribution is 0.0314. The van der Waals surface area contributed by atoms with E-state index in [1.807, 2.05) is 0 Å². The molecule has 1 saturated heterocycles. The summed E-state index contributed by atoms with van der Waals surface area (Å²) in [4.78, 5) is 0. The molecule has 4 N–H and O–H groups in total. The van der Waals surface area contributed by atoms with Crippen molar-refractivity contribution in [1.82, 2.24) is 4.72 Å². The van der Waals surface area contributed by atoms with E-state index in [9.17, 15) is 13.5 Å². The molecular formula is C13H20N2O5S. The number of ether oxygens (including phenoxy) is 2. The second-order valence-electron chi connectivity index (χ2n) is 5.08. The van der Waals surface area contributed by atoms with Gasteiger partial charge in [0.2, 0.25) is 10.0 Å². The van der Waals surface area contributed by atoms with Crippen molar-refractivity contribution in [2.24, 2.45) is 0 Å². The maximum absolute atomic E-state index is 11.8. The van der Waals surface area contributed by atoms with Crippen LogP contribution < -0.4 is 15.2 Å². The molecule has 8 heteroatoms. The highest BCUT2D eigenvalue weighted by Crippen LogP contribution is 2.17. The van der Waals surface area contributed by atoms with E-state index in [4.69, 9.17) is 15.2 Å². The van der Waals surface area contributed by atoms with Gasteiger partial charge in [0.25, 0.3) is 0 Å². The smallest absolute Gasteiger partial charge is 0.215 e. The molecule has 0 bridgehead atoms. The first kappa shape index (κ1) is 16.0. The van der Waals surface area contributed by atoms with Crippen molar-refractivity contribution in [1.29, 1.82) is 0 Å². The molecule has 7 nitrogen and oxygen atoms in total. The summed E-state index contributed by atoms with van der Waals surface area (Å²) in [6, 6.07) is 6.71. The molecule has 1 aliphatic rings. The number of nitrogens with two attached hydrogens (primary N) is 1. The Morgan fingerprint density at radius 2 is 2.10 bits per heavy atom. The zero-order valence-electron chi connectivity index (χ0n) is 11.6. The molecule has 21 heavy (non-hydrogen) atoms. The highest BCUT2D eigenvalue weighted by Gasteiger charge is 2.33.